The number of rotatable bonds is 3. The van der Waals surface area contributed by atoms with Crippen LogP contribution in [-0.2, 0) is 16.0 Å². The molecule has 0 saturated carbocycles. The molecule has 3 aliphatic rings. The zero-order chi connectivity index (χ0) is 18.3. The van der Waals surface area contributed by atoms with Gasteiger partial charge in [-0.25, -0.2) is 4.79 Å². The fraction of sp³-hybridized carbons (Fsp3) is 0.550. The smallest absolute Gasteiger partial charge is 0.325 e. The van der Waals surface area contributed by atoms with Crippen molar-refractivity contribution in [3.63, 3.8) is 0 Å². The number of fused-ring (bicyclic) bond motifs is 1. The molecule has 0 aromatic heterocycles. The first-order valence-corrected chi connectivity index (χ1v) is 9.54. The Bertz CT molecular complexity index is 752. The molecule has 0 radical (unpaired) electrons. The lowest BCUT2D eigenvalue weighted by atomic mass is 9.85. The molecule has 1 N–H and O–H groups in total. The number of carbonyl (C=O) groups excluding carboxylic acids is 3. The molecule has 138 valence electrons. The van der Waals surface area contributed by atoms with E-state index in [1.165, 1.54) is 11.1 Å². The predicted molar refractivity (Wildman–Crippen MR) is 96.6 cm³/mol. The zero-order valence-corrected chi connectivity index (χ0v) is 15.2. The van der Waals surface area contributed by atoms with Gasteiger partial charge in [-0.2, -0.15) is 0 Å². The van der Waals surface area contributed by atoms with Gasteiger partial charge in [-0.1, -0.05) is 24.3 Å². The first-order chi connectivity index (χ1) is 12.5. The highest BCUT2D eigenvalue weighted by atomic mass is 16.2. The van der Waals surface area contributed by atoms with Gasteiger partial charge < -0.3 is 9.80 Å². The van der Waals surface area contributed by atoms with Gasteiger partial charge >= 0.3 is 6.03 Å². The molecule has 1 aromatic rings. The molecule has 1 aromatic carbocycles. The van der Waals surface area contributed by atoms with Crippen molar-refractivity contribution in [3.05, 3.63) is 35.4 Å². The first kappa shape index (κ1) is 17.1. The number of aryl methyl sites for hydroxylation is 1. The minimum absolute atomic E-state index is 0.161. The molecular weight excluding hydrogens is 330 g/mol. The monoisotopic (exact) mass is 355 g/mol. The van der Waals surface area contributed by atoms with Gasteiger partial charge in [-0.05, 0) is 49.7 Å². The molecule has 1 atom stereocenters. The lowest BCUT2D eigenvalue weighted by Gasteiger charge is -2.42. The standard InChI is InChI=1S/C20H25N3O3/c1-2-23-19(26)21-18(25)20(23)9-11-22(12-10-20)17(24)13-15-8-7-14-5-3-4-6-16(14)15/h3-6,15H,2,7-13H2,1H3,(H,21,25,26)/t15-/m0/s1. The second kappa shape index (κ2) is 6.41. The number of hydrogen-bond acceptors (Lipinski definition) is 3. The van der Waals surface area contributed by atoms with E-state index in [0.29, 0.717) is 44.8 Å². The molecule has 2 saturated heterocycles. The second-order valence-corrected chi connectivity index (χ2v) is 7.55. The van der Waals surface area contributed by atoms with Crippen molar-refractivity contribution >= 4 is 17.8 Å². The Morgan fingerprint density at radius 3 is 2.69 bits per heavy atom. The molecule has 1 aliphatic carbocycles. The molecule has 2 fully saturated rings. The number of hydrogen-bond donors (Lipinski definition) is 1. The third-order valence-electron chi connectivity index (χ3n) is 6.34. The van der Waals surface area contributed by atoms with Crippen LogP contribution in [0.15, 0.2) is 24.3 Å². The molecule has 0 unspecified atom stereocenters. The number of imide groups is 1. The van der Waals surface area contributed by atoms with Crippen molar-refractivity contribution in [2.45, 2.75) is 50.5 Å². The van der Waals surface area contributed by atoms with Gasteiger partial charge in [0.2, 0.25) is 5.91 Å². The molecular formula is C20H25N3O3. The summed E-state index contributed by atoms with van der Waals surface area (Å²) in [4.78, 5) is 40.6. The Hall–Kier alpha value is -2.37. The summed E-state index contributed by atoms with van der Waals surface area (Å²) in [5.74, 6) is 0.258. The fourth-order valence-corrected chi connectivity index (χ4v) is 4.86. The number of piperidine rings is 1. The topological polar surface area (TPSA) is 69.7 Å². The van der Waals surface area contributed by atoms with Gasteiger partial charge in [-0.15, -0.1) is 0 Å². The minimum Gasteiger partial charge on any atom is -0.342 e. The van der Waals surface area contributed by atoms with Gasteiger partial charge in [-0.3, -0.25) is 14.9 Å². The van der Waals surface area contributed by atoms with Crippen molar-refractivity contribution < 1.29 is 14.4 Å². The maximum absolute atomic E-state index is 12.8. The van der Waals surface area contributed by atoms with E-state index in [4.69, 9.17) is 0 Å². The summed E-state index contributed by atoms with van der Waals surface area (Å²) in [5.41, 5.74) is 1.91. The molecule has 0 bridgehead atoms. The minimum atomic E-state index is -0.761. The molecule has 4 rings (SSSR count). The largest absolute Gasteiger partial charge is 0.342 e. The number of likely N-dealkylation sites (N-methyl/N-ethyl adjacent to an activating group) is 1. The number of amides is 4. The van der Waals surface area contributed by atoms with Gasteiger partial charge in [0.25, 0.3) is 5.91 Å². The normalized spacial score (nSPS) is 24.1. The molecule has 2 aliphatic heterocycles. The Kier molecular flexibility index (Phi) is 4.21. The van der Waals surface area contributed by atoms with Crippen molar-refractivity contribution in [2.24, 2.45) is 0 Å². The van der Waals surface area contributed by atoms with E-state index in [1.807, 2.05) is 17.9 Å². The van der Waals surface area contributed by atoms with Crippen molar-refractivity contribution in [1.29, 1.82) is 0 Å². The number of nitrogens with zero attached hydrogens (tertiary/aromatic N) is 2. The van der Waals surface area contributed by atoms with E-state index >= 15 is 0 Å². The average Bonchev–Trinajstić information content (AvgIpc) is 3.15. The summed E-state index contributed by atoms with van der Waals surface area (Å²) in [7, 11) is 0. The summed E-state index contributed by atoms with van der Waals surface area (Å²) in [6.07, 6.45) is 3.65. The van der Waals surface area contributed by atoms with Crippen LogP contribution in [0.4, 0.5) is 4.79 Å². The maximum Gasteiger partial charge on any atom is 0.325 e. The van der Waals surface area contributed by atoms with Gasteiger partial charge in [0.15, 0.2) is 0 Å². The van der Waals surface area contributed by atoms with Crippen LogP contribution in [0.3, 0.4) is 0 Å². The average molecular weight is 355 g/mol. The van der Waals surface area contributed by atoms with Crippen molar-refractivity contribution in [2.75, 3.05) is 19.6 Å². The second-order valence-electron chi connectivity index (χ2n) is 7.55. The van der Waals surface area contributed by atoms with Gasteiger partial charge in [0, 0.05) is 26.1 Å². The zero-order valence-electron chi connectivity index (χ0n) is 15.2. The van der Waals surface area contributed by atoms with Crippen LogP contribution in [0.25, 0.3) is 0 Å². The lowest BCUT2D eigenvalue weighted by Crippen LogP contribution is -2.57. The van der Waals surface area contributed by atoms with Crippen LogP contribution in [-0.4, -0.2) is 52.8 Å². The molecule has 2 heterocycles. The summed E-state index contributed by atoms with van der Waals surface area (Å²) >= 11 is 0. The highest BCUT2D eigenvalue weighted by Crippen LogP contribution is 2.37. The SMILES string of the molecule is CCN1C(=O)NC(=O)C12CCN(C(=O)C[C@@H]1CCc3ccccc31)CC2. The predicted octanol–water partition coefficient (Wildman–Crippen LogP) is 2.04. The Morgan fingerprint density at radius 2 is 1.96 bits per heavy atom. The van der Waals surface area contributed by atoms with E-state index in [9.17, 15) is 14.4 Å². The highest BCUT2D eigenvalue weighted by molar-refractivity contribution is 6.07. The van der Waals surface area contributed by atoms with Crippen molar-refractivity contribution in [3.8, 4) is 0 Å². The molecule has 6 nitrogen and oxygen atoms in total. The quantitative estimate of drug-likeness (QED) is 0.844. The van der Waals surface area contributed by atoms with Crippen LogP contribution in [0.1, 0.15) is 49.7 Å². The highest BCUT2D eigenvalue weighted by Gasteiger charge is 2.53. The Morgan fingerprint density at radius 1 is 1.23 bits per heavy atom. The number of benzene rings is 1. The maximum atomic E-state index is 12.8. The number of urea groups is 1. The third kappa shape index (κ3) is 2.59. The summed E-state index contributed by atoms with van der Waals surface area (Å²) < 4.78 is 0. The van der Waals surface area contributed by atoms with Crippen LogP contribution >= 0.6 is 0 Å². The molecule has 6 heteroatoms. The van der Waals surface area contributed by atoms with Crippen LogP contribution < -0.4 is 5.32 Å². The van der Waals surface area contributed by atoms with Crippen LogP contribution in [0.5, 0.6) is 0 Å². The molecule has 4 amide bonds. The lowest BCUT2D eigenvalue weighted by molar-refractivity contribution is -0.138. The van der Waals surface area contributed by atoms with E-state index in [0.717, 1.165) is 12.8 Å². The molecule has 26 heavy (non-hydrogen) atoms. The summed E-state index contributed by atoms with van der Waals surface area (Å²) in [6.45, 7) is 3.45. The fourth-order valence-electron chi connectivity index (χ4n) is 4.86. The van der Waals surface area contributed by atoms with Gasteiger partial charge in [0.1, 0.15) is 5.54 Å². The Labute approximate surface area is 153 Å². The van der Waals surface area contributed by atoms with E-state index in [-0.39, 0.29) is 17.8 Å². The first-order valence-electron chi connectivity index (χ1n) is 9.54. The van der Waals surface area contributed by atoms with Crippen LogP contribution in [0, 0.1) is 0 Å². The van der Waals surface area contributed by atoms with E-state index in [1.54, 1.807) is 4.90 Å². The van der Waals surface area contributed by atoms with E-state index < -0.39 is 5.54 Å². The number of carbonyl (C=O) groups is 3. The summed E-state index contributed by atoms with van der Waals surface area (Å²) in [6, 6.07) is 8.08. The summed E-state index contributed by atoms with van der Waals surface area (Å²) in [5, 5.41) is 2.44. The van der Waals surface area contributed by atoms with Gasteiger partial charge in [0.05, 0.1) is 0 Å². The number of likely N-dealkylation sites (tertiary alicyclic amines) is 1. The molecule has 1 spiro atoms. The Balaban J connectivity index is 1.40. The van der Waals surface area contributed by atoms with Crippen LogP contribution in [0.2, 0.25) is 0 Å². The number of nitrogens with one attached hydrogen (secondary N) is 1. The third-order valence-corrected chi connectivity index (χ3v) is 6.34. The van der Waals surface area contributed by atoms with E-state index in [2.05, 4.69) is 23.5 Å². The van der Waals surface area contributed by atoms with Crippen molar-refractivity contribution in [1.82, 2.24) is 15.1 Å².